The van der Waals surface area contributed by atoms with Crippen molar-refractivity contribution in [3.63, 3.8) is 0 Å². The summed E-state index contributed by atoms with van der Waals surface area (Å²) in [6.07, 6.45) is -2.53. The molecule has 1 aromatic carbocycles. The smallest absolute Gasteiger partial charge is 0.475 e. The number of carbonyl (C=O) groups is 2. The van der Waals surface area contributed by atoms with Crippen molar-refractivity contribution in [2.75, 3.05) is 0 Å². The van der Waals surface area contributed by atoms with Gasteiger partial charge in [-0.3, -0.25) is 9.63 Å². The number of nitrogens with two attached hydrogens (primary N) is 1. The van der Waals surface area contributed by atoms with Crippen LogP contribution >= 0.6 is 0 Å². The van der Waals surface area contributed by atoms with E-state index in [0.717, 1.165) is 24.8 Å². The maximum Gasteiger partial charge on any atom is 0.490 e. The zero-order chi connectivity index (χ0) is 18.2. The fourth-order valence-corrected chi connectivity index (χ4v) is 2.10. The molecular weight excluding hydrogens is 329 g/mol. The Bertz CT molecular complexity index is 537. The van der Waals surface area contributed by atoms with Crippen molar-refractivity contribution in [2.45, 2.75) is 38.1 Å². The van der Waals surface area contributed by atoms with Crippen LogP contribution in [0.3, 0.4) is 0 Å². The Labute approximate surface area is 136 Å². The minimum Gasteiger partial charge on any atom is -0.475 e. The van der Waals surface area contributed by atoms with E-state index in [0.29, 0.717) is 6.61 Å². The number of carboxylic acids is 1. The summed E-state index contributed by atoms with van der Waals surface area (Å²) in [5, 5.41) is 7.12. The van der Waals surface area contributed by atoms with Gasteiger partial charge in [0.25, 0.3) is 0 Å². The van der Waals surface area contributed by atoms with Gasteiger partial charge in [-0.15, -0.1) is 0 Å². The third-order valence-electron chi connectivity index (χ3n) is 3.34. The van der Waals surface area contributed by atoms with Crippen LogP contribution < -0.4 is 11.2 Å². The molecule has 1 saturated carbocycles. The summed E-state index contributed by atoms with van der Waals surface area (Å²) >= 11 is 0. The van der Waals surface area contributed by atoms with Gasteiger partial charge in [0.05, 0.1) is 6.61 Å². The van der Waals surface area contributed by atoms with E-state index in [-0.39, 0.29) is 17.9 Å². The molecular formula is C15H19F3N2O4. The van der Waals surface area contributed by atoms with Crippen LogP contribution in [-0.2, 0) is 21.0 Å². The maximum atomic E-state index is 11.7. The normalized spacial score (nSPS) is 20.0. The van der Waals surface area contributed by atoms with Crippen molar-refractivity contribution in [1.29, 1.82) is 0 Å². The topological polar surface area (TPSA) is 102 Å². The van der Waals surface area contributed by atoms with E-state index >= 15 is 0 Å². The summed E-state index contributed by atoms with van der Waals surface area (Å²) in [6.45, 7) is 0.394. The van der Waals surface area contributed by atoms with E-state index in [1.165, 1.54) is 0 Å². The molecule has 2 atom stereocenters. The summed E-state index contributed by atoms with van der Waals surface area (Å²) in [6, 6.07) is 9.91. The van der Waals surface area contributed by atoms with Crippen LogP contribution in [0.5, 0.6) is 0 Å². The van der Waals surface area contributed by atoms with Gasteiger partial charge in [-0.2, -0.15) is 13.2 Å². The summed E-state index contributed by atoms with van der Waals surface area (Å²) < 4.78 is 31.7. The van der Waals surface area contributed by atoms with E-state index in [1.54, 1.807) is 0 Å². The lowest BCUT2D eigenvalue weighted by Crippen LogP contribution is -2.30. The van der Waals surface area contributed by atoms with E-state index in [2.05, 4.69) is 5.48 Å². The number of aliphatic carboxylic acids is 1. The molecule has 2 unspecified atom stereocenters. The highest BCUT2D eigenvalue weighted by Gasteiger charge is 2.38. The fourth-order valence-electron chi connectivity index (χ4n) is 2.10. The number of hydrogen-bond acceptors (Lipinski definition) is 4. The van der Waals surface area contributed by atoms with Crippen molar-refractivity contribution in [1.82, 2.24) is 5.48 Å². The van der Waals surface area contributed by atoms with Crippen LogP contribution in [0.2, 0.25) is 0 Å². The summed E-state index contributed by atoms with van der Waals surface area (Å²) in [7, 11) is 0. The van der Waals surface area contributed by atoms with Gasteiger partial charge in [0.1, 0.15) is 0 Å². The molecule has 0 aromatic heterocycles. The molecule has 1 amide bonds. The largest absolute Gasteiger partial charge is 0.490 e. The van der Waals surface area contributed by atoms with Gasteiger partial charge < -0.3 is 10.8 Å². The highest BCUT2D eigenvalue weighted by molar-refractivity contribution is 5.77. The molecule has 2 rings (SSSR count). The zero-order valence-electron chi connectivity index (χ0n) is 12.8. The van der Waals surface area contributed by atoms with Crippen LogP contribution in [0.15, 0.2) is 30.3 Å². The Balaban J connectivity index is 0.000000351. The van der Waals surface area contributed by atoms with Gasteiger partial charge in [-0.1, -0.05) is 30.3 Å². The number of nitrogens with one attached hydrogen (secondary N) is 1. The van der Waals surface area contributed by atoms with Crippen molar-refractivity contribution < 1.29 is 32.7 Å². The first-order valence-corrected chi connectivity index (χ1v) is 7.21. The Morgan fingerprint density at radius 3 is 2.29 bits per heavy atom. The molecule has 24 heavy (non-hydrogen) atoms. The molecule has 1 aromatic rings. The third-order valence-corrected chi connectivity index (χ3v) is 3.34. The molecule has 6 nitrogen and oxygen atoms in total. The third kappa shape index (κ3) is 7.42. The predicted molar refractivity (Wildman–Crippen MR) is 78.4 cm³/mol. The van der Waals surface area contributed by atoms with E-state index in [9.17, 15) is 18.0 Å². The maximum absolute atomic E-state index is 11.7. The first-order valence-electron chi connectivity index (χ1n) is 7.21. The first-order chi connectivity index (χ1) is 11.2. The zero-order valence-corrected chi connectivity index (χ0v) is 12.8. The molecule has 4 N–H and O–H groups in total. The van der Waals surface area contributed by atoms with E-state index in [4.69, 9.17) is 20.5 Å². The van der Waals surface area contributed by atoms with Crippen LogP contribution in [0.4, 0.5) is 13.2 Å². The Hall–Kier alpha value is -2.13. The second kappa shape index (κ2) is 9.24. The number of hydroxylamine groups is 1. The monoisotopic (exact) mass is 348 g/mol. The quantitative estimate of drug-likeness (QED) is 0.723. The fraction of sp³-hybridized carbons (Fsp3) is 0.467. The molecule has 0 bridgehead atoms. The van der Waals surface area contributed by atoms with Gasteiger partial charge in [0.2, 0.25) is 5.91 Å². The van der Waals surface area contributed by atoms with Gasteiger partial charge in [0.15, 0.2) is 0 Å². The lowest BCUT2D eigenvalue weighted by Gasteiger charge is -2.10. The Morgan fingerprint density at radius 1 is 1.25 bits per heavy atom. The number of amides is 1. The van der Waals surface area contributed by atoms with Crippen molar-refractivity contribution in [3.8, 4) is 0 Å². The minimum absolute atomic E-state index is 0.0146. The summed E-state index contributed by atoms with van der Waals surface area (Å²) in [5.41, 5.74) is 9.30. The molecule has 0 aliphatic heterocycles. The Kier molecular flexibility index (Phi) is 7.66. The van der Waals surface area contributed by atoms with E-state index < -0.39 is 12.1 Å². The molecule has 134 valence electrons. The predicted octanol–water partition coefficient (Wildman–Crippen LogP) is 2.00. The number of carbonyl (C=O) groups excluding carboxylic acids is 1. The molecule has 0 heterocycles. The molecule has 1 aliphatic rings. The van der Waals surface area contributed by atoms with Gasteiger partial charge in [-0.05, 0) is 24.8 Å². The average Bonchev–Trinajstić information content (AvgIpc) is 2.94. The second-order valence-corrected chi connectivity index (χ2v) is 5.31. The molecule has 0 radical (unpaired) electrons. The van der Waals surface area contributed by atoms with Crippen molar-refractivity contribution in [2.24, 2.45) is 11.7 Å². The number of alkyl halides is 3. The minimum atomic E-state index is -5.08. The van der Waals surface area contributed by atoms with Crippen molar-refractivity contribution in [3.05, 3.63) is 35.9 Å². The number of rotatable bonds is 4. The lowest BCUT2D eigenvalue weighted by atomic mass is 10.1. The van der Waals surface area contributed by atoms with Crippen molar-refractivity contribution >= 4 is 11.9 Å². The van der Waals surface area contributed by atoms with Crippen LogP contribution in [-0.4, -0.2) is 29.2 Å². The van der Waals surface area contributed by atoms with Gasteiger partial charge >= 0.3 is 12.1 Å². The number of benzene rings is 1. The van der Waals surface area contributed by atoms with Gasteiger partial charge in [-0.25, -0.2) is 10.3 Å². The molecule has 0 saturated heterocycles. The first kappa shape index (κ1) is 19.9. The van der Waals surface area contributed by atoms with Crippen LogP contribution in [0, 0.1) is 5.92 Å². The molecule has 1 fully saturated rings. The van der Waals surface area contributed by atoms with Crippen LogP contribution in [0.25, 0.3) is 0 Å². The molecule has 0 spiro atoms. The van der Waals surface area contributed by atoms with Gasteiger partial charge in [0, 0.05) is 12.0 Å². The number of halogens is 3. The highest BCUT2D eigenvalue weighted by atomic mass is 19.4. The molecule has 9 heteroatoms. The highest BCUT2D eigenvalue weighted by Crippen LogP contribution is 2.24. The molecule has 1 aliphatic carbocycles. The second-order valence-electron chi connectivity index (χ2n) is 5.31. The van der Waals surface area contributed by atoms with E-state index in [1.807, 2.05) is 30.3 Å². The summed E-state index contributed by atoms with van der Waals surface area (Å²) in [4.78, 5) is 25.8. The summed E-state index contributed by atoms with van der Waals surface area (Å²) in [5.74, 6) is -2.79. The Morgan fingerprint density at radius 2 is 1.83 bits per heavy atom. The SMILES string of the molecule is NC1CCC(C(=O)NOCc2ccccc2)C1.O=C(O)C(F)(F)F. The van der Waals surface area contributed by atoms with Crippen LogP contribution in [0.1, 0.15) is 24.8 Å². The number of hydrogen-bond donors (Lipinski definition) is 3. The average molecular weight is 348 g/mol. The standard InChI is InChI=1S/C13H18N2O2.C2HF3O2/c14-12-7-6-11(8-12)13(16)15-17-9-10-4-2-1-3-5-10;3-2(4,5)1(6)7/h1-5,11-12H,6-9,14H2,(H,15,16);(H,6,7). The lowest BCUT2D eigenvalue weighted by molar-refractivity contribution is -0.192. The number of carboxylic acid groups (broad SMARTS) is 1.